The smallest absolute Gasteiger partial charge is 0.226 e. The van der Waals surface area contributed by atoms with Crippen molar-refractivity contribution >= 4 is 21.6 Å². The lowest BCUT2D eigenvalue weighted by molar-refractivity contribution is 0.191. The molecule has 0 bridgehead atoms. The van der Waals surface area contributed by atoms with Gasteiger partial charge in [0.25, 0.3) is 0 Å². The van der Waals surface area contributed by atoms with Gasteiger partial charge in [-0.15, -0.1) is 11.6 Å². The summed E-state index contributed by atoms with van der Waals surface area (Å²) >= 11 is 5.18. The molecule has 0 aliphatic heterocycles. The summed E-state index contributed by atoms with van der Waals surface area (Å²) in [5.41, 5.74) is -0.798. The Kier molecular flexibility index (Phi) is 4.47. The van der Waals surface area contributed by atoms with Gasteiger partial charge in [0.15, 0.2) is 0 Å². The van der Waals surface area contributed by atoms with Crippen LogP contribution in [-0.2, 0) is 10.0 Å². The predicted molar refractivity (Wildman–Crippen MR) is 48.6 cm³/mol. The predicted octanol–water partition coefficient (Wildman–Crippen LogP) is 0.263. The van der Waals surface area contributed by atoms with Gasteiger partial charge in [-0.1, -0.05) is 6.92 Å². The molecule has 74 valence electrons. The Labute approximate surface area is 78.0 Å². The first-order chi connectivity index (χ1) is 5.39. The van der Waals surface area contributed by atoms with Gasteiger partial charge < -0.3 is 5.11 Å². The van der Waals surface area contributed by atoms with Crippen molar-refractivity contribution < 1.29 is 13.5 Å². The lowest BCUT2D eigenvalue weighted by Crippen LogP contribution is -2.48. The number of rotatable bonds is 5. The van der Waals surface area contributed by atoms with E-state index in [9.17, 15) is 8.42 Å². The van der Waals surface area contributed by atoms with Crippen LogP contribution in [0.25, 0.3) is 0 Å². The molecule has 0 aromatic rings. The van der Waals surface area contributed by atoms with Gasteiger partial charge in [0.1, 0.15) is 5.21 Å². The van der Waals surface area contributed by atoms with E-state index < -0.39 is 20.8 Å². The second kappa shape index (κ2) is 4.41. The molecule has 0 rings (SSSR count). The van der Waals surface area contributed by atoms with E-state index in [1.807, 2.05) is 0 Å². The van der Waals surface area contributed by atoms with Gasteiger partial charge >= 0.3 is 0 Å². The topological polar surface area (TPSA) is 66.4 Å². The number of nitrogens with one attached hydrogen (secondary N) is 1. The van der Waals surface area contributed by atoms with Crippen LogP contribution in [0.4, 0.5) is 0 Å². The number of hydrogen-bond donors (Lipinski definition) is 2. The maximum atomic E-state index is 11.0. The lowest BCUT2D eigenvalue weighted by atomic mass is 10.0. The summed E-state index contributed by atoms with van der Waals surface area (Å²) in [6.07, 6.45) is 0.514. The molecule has 0 spiro atoms. The monoisotopic (exact) mass is 215 g/mol. The minimum atomic E-state index is -3.45. The van der Waals surface area contributed by atoms with Gasteiger partial charge in [0, 0.05) is 0 Å². The van der Waals surface area contributed by atoms with Gasteiger partial charge in [0.2, 0.25) is 10.0 Å². The van der Waals surface area contributed by atoms with Crippen molar-refractivity contribution in [2.24, 2.45) is 0 Å². The maximum absolute atomic E-state index is 11.0. The average molecular weight is 216 g/mol. The second-order valence-electron chi connectivity index (χ2n) is 2.90. The largest absolute Gasteiger partial charge is 0.394 e. The number of aliphatic hydroxyl groups excluding tert-OH is 1. The molecule has 2 N–H and O–H groups in total. The van der Waals surface area contributed by atoms with E-state index in [0.717, 1.165) is 0 Å². The molecule has 0 amide bonds. The first kappa shape index (κ1) is 12.2. The van der Waals surface area contributed by atoms with Crippen molar-refractivity contribution in [1.29, 1.82) is 0 Å². The van der Waals surface area contributed by atoms with Crippen LogP contribution in [0.15, 0.2) is 0 Å². The molecule has 1 atom stereocenters. The zero-order chi connectivity index (χ0) is 9.83. The third-order valence-corrected chi connectivity index (χ3v) is 3.63. The molecular weight excluding hydrogens is 202 g/mol. The highest BCUT2D eigenvalue weighted by atomic mass is 35.5. The van der Waals surface area contributed by atoms with E-state index in [1.54, 1.807) is 13.8 Å². The van der Waals surface area contributed by atoms with Crippen molar-refractivity contribution in [3.05, 3.63) is 0 Å². The van der Waals surface area contributed by atoms with Crippen LogP contribution in [0, 0.1) is 0 Å². The Balaban J connectivity index is 4.42. The van der Waals surface area contributed by atoms with Gasteiger partial charge in [-0.2, -0.15) is 0 Å². The average Bonchev–Trinajstić information content (AvgIpc) is 2.04. The van der Waals surface area contributed by atoms with E-state index in [-0.39, 0.29) is 6.61 Å². The summed E-state index contributed by atoms with van der Waals surface area (Å²) in [6.45, 7) is 3.17. The van der Waals surface area contributed by atoms with E-state index in [4.69, 9.17) is 16.7 Å². The summed E-state index contributed by atoms with van der Waals surface area (Å²) in [7, 11) is -3.45. The zero-order valence-corrected chi connectivity index (χ0v) is 8.74. The molecule has 0 aliphatic rings. The van der Waals surface area contributed by atoms with Crippen LogP contribution in [0.3, 0.4) is 0 Å². The fourth-order valence-electron chi connectivity index (χ4n) is 0.619. The maximum Gasteiger partial charge on any atom is 0.226 e. The highest BCUT2D eigenvalue weighted by Gasteiger charge is 2.26. The van der Waals surface area contributed by atoms with Crippen molar-refractivity contribution in [2.75, 3.05) is 11.8 Å². The molecule has 0 aromatic carbocycles. The van der Waals surface area contributed by atoms with Gasteiger partial charge in [-0.05, 0) is 13.3 Å². The molecule has 12 heavy (non-hydrogen) atoms. The normalized spacial score (nSPS) is 17.3. The number of halogens is 1. The Bertz CT molecular complexity index is 223. The molecular formula is C6H14ClNO3S. The summed E-state index contributed by atoms with van der Waals surface area (Å²) in [5.74, 6) is 0. The molecule has 6 heteroatoms. The molecule has 0 aromatic heterocycles. The molecule has 0 heterocycles. The van der Waals surface area contributed by atoms with Crippen molar-refractivity contribution in [1.82, 2.24) is 4.72 Å². The lowest BCUT2D eigenvalue weighted by Gasteiger charge is -2.25. The second-order valence-corrected chi connectivity index (χ2v) is 5.20. The SMILES string of the molecule is CCC(C)(CO)NS(=O)(=O)CCl. The molecule has 0 saturated heterocycles. The third-order valence-electron chi connectivity index (χ3n) is 1.67. The molecule has 1 unspecified atom stereocenters. The first-order valence-corrected chi connectivity index (χ1v) is 5.76. The number of sulfonamides is 1. The molecule has 0 radical (unpaired) electrons. The summed E-state index contributed by atoms with van der Waals surface area (Å²) in [6, 6.07) is 0. The van der Waals surface area contributed by atoms with Crippen molar-refractivity contribution in [3.63, 3.8) is 0 Å². The highest BCUT2D eigenvalue weighted by Crippen LogP contribution is 2.09. The van der Waals surface area contributed by atoms with E-state index >= 15 is 0 Å². The third kappa shape index (κ3) is 3.71. The molecule has 0 saturated carbocycles. The quantitative estimate of drug-likeness (QED) is 0.647. The molecule has 4 nitrogen and oxygen atoms in total. The Hall–Kier alpha value is 0.160. The standard InChI is InChI=1S/C6H14ClNO3S/c1-3-6(2,4-9)8-12(10,11)5-7/h8-9H,3-5H2,1-2H3. The van der Waals surface area contributed by atoms with Crippen molar-refractivity contribution in [2.45, 2.75) is 25.8 Å². The van der Waals surface area contributed by atoms with Gasteiger partial charge in [0.05, 0.1) is 12.1 Å². The van der Waals surface area contributed by atoms with Crippen LogP contribution >= 0.6 is 11.6 Å². The van der Waals surface area contributed by atoms with Crippen LogP contribution in [0.2, 0.25) is 0 Å². The highest BCUT2D eigenvalue weighted by molar-refractivity contribution is 7.90. The fourth-order valence-corrected chi connectivity index (χ4v) is 1.80. The van der Waals surface area contributed by atoms with Crippen LogP contribution in [0.5, 0.6) is 0 Å². The number of hydrogen-bond acceptors (Lipinski definition) is 3. The minimum absolute atomic E-state index is 0.236. The Morgan fingerprint density at radius 2 is 2.08 bits per heavy atom. The summed E-state index contributed by atoms with van der Waals surface area (Å²) in [5, 5.41) is 8.39. The van der Waals surface area contributed by atoms with E-state index in [0.29, 0.717) is 6.42 Å². The summed E-state index contributed by atoms with van der Waals surface area (Å²) < 4.78 is 24.3. The molecule has 0 fully saturated rings. The Morgan fingerprint density at radius 3 is 2.33 bits per heavy atom. The van der Waals surface area contributed by atoms with E-state index in [1.165, 1.54) is 0 Å². The van der Waals surface area contributed by atoms with Crippen LogP contribution in [-0.4, -0.2) is 30.9 Å². The molecule has 0 aliphatic carbocycles. The van der Waals surface area contributed by atoms with Crippen molar-refractivity contribution in [3.8, 4) is 0 Å². The van der Waals surface area contributed by atoms with Crippen LogP contribution < -0.4 is 4.72 Å². The minimum Gasteiger partial charge on any atom is -0.394 e. The Morgan fingerprint density at radius 1 is 1.58 bits per heavy atom. The number of aliphatic hydroxyl groups is 1. The number of alkyl halides is 1. The first-order valence-electron chi connectivity index (χ1n) is 3.57. The van der Waals surface area contributed by atoms with E-state index in [2.05, 4.69) is 4.72 Å². The van der Waals surface area contributed by atoms with Gasteiger partial charge in [-0.3, -0.25) is 0 Å². The zero-order valence-electron chi connectivity index (χ0n) is 7.17. The fraction of sp³-hybridized carbons (Fsp3) is 1.00. The summed E-state index contributed by atoms with van der Waals surface area (Å²) in [4.78, 5) is 0. The van der Waals surface area contributed by atoms with Gasteiger partial charge in [-0.25, -0.2) is 13.1 Å². The van der Waals surface area contributed by atoms with Crippen LogP contribution in [0.1, 0.15) is 20.3 Å².